The van der Waals surface area contributed by atoms with Crippen LogP contribution in [0.15, 0.2) is 0 Å². The zero-order chi connectivity index (χ0) is 13.3. The van der Waals surface area contributed by atoms with Gasteiger partial charge in [-0.3, -0.25) is 5.32 Å². The molecule has 0 aromatic heterocycles. The Kier molecular flexibility index (Phi) is 7.31. The summed E-state index contributed by atoms with van der Waals surface area (Å²) in [6.45, 7) is 8.89. The van der Waals surface area contributed by atoms with Gasteiger partial charge in [0, 0.05) is 0 Å². The smallest absolute Gasteiger partial charge is 0.103 e. The SMILES string of the molecule is CCCNC(C)(C#N)CCCCN1CCCCC1. The molecule has 0 bridgehead atoms. The minimum atomic E-state index is -0.322. The maximum absolute atomic E-state index is 9.24. The summed E-state index contributed by atoms with van der Waals surface area (Å²) in [4.78, 5) is 2.58. The summed E-state index contributed by atoms with van der Waals surface area (Å²) in [7, 11) is 0. The molecule has 0 aromatic rings. The average molecular weight is 251 g/mol. The molecule has 1 N–H and O–H groups in total. The van der Waals surface area contributed by atoms with Gasteiger partial charge < -0.3 is 4.90 Å². The number of hydrogen-bond acceptors (Lipinski definition) is 3. The highest BCUT2D eigenvalue weighted by Crippen LogP contribution is 2.15. The van der Waals surface area contributed by atoms with Crippen molar-refractivity contribution in [1.29, 1.82) is 5.26 Å². The van der Waals surface area contributed by atoms with E-state index in [1.807, 2.05) is 6.92 Å². The molecule has 18 heavy (non-hydrogen) atoms. The molecule has 1 fully saturated rings. The van der Waals surface area contributed by atoms with Crippen molar-refractivity contribution in [1.82, 2.24) is 10.2 Å². The van der Waals surface area contributed by atoms with Gasteiger partial charge in [0.25, 0.3) is 0 Å². The Morgan fingerprint density at radius 2 is 1.94 bits per heavy atom. The van der Waals surface area contributed by atoms with E-state index in [9.17, 15) is 5.26 Å². The van der Waals surface area contributed by atoms with E-state index in [1.54, 1.807) is 0 Å². The van der Waals surface area contributed by atoms with Gasteiger partial charge in [-0.2, -0.15) is 5.26 Å². The Balaban J connectivity index is 2.13. The van der Waals surface area contributed by atoms with Gasteiger partial charge in [0.2, 0.25) is 0 Å². The normalized spacial score (nSPS) is 20.3. The van der Waals surface area contributed by atoms with E-state index < -0.39 is 0 Å². The minimum Gasteiger partial charge on any atom is -0.303 e. The maximum Gasteiger partial charge on any atom is 0.103 e. The Hall–Kier alpha value is -0.590. The third-order valence-electron chi connectivity index (χ3n) is 3.86. The first-order chi connectivity index (χ1) is 8.70. The lowest BCUT2D eigenvalue weighted by atomic mass is 9.96. The highest BCUT2D eigenvalue weighted by atomic mass is 15.1. The van der Waals surface area contributed by atoms with Gasteiger partial charge in [-0.1, -0.05) is 13.3 Å². The highest BCUT2D eigenvalue weighted by molar-refractivity contribution is 5.03. The van der Waals surface area contributed by atoms with Crippen molar-refractivity contribution in [2.24, 2.45) is 0 Å². The van der Waals surface area contributed by atoms with Crippen LogP contribution in [0.2, 0.25) is 0 Å². The molecule has 1 unspecified atom stereocenters. The molecule has 0 saturated carbocycles. The van der Waals surface area contributed by atoms with Gasteiger partial charge in [0.05, 0.1) is 6.07 Å². The fourth-order valence-electron chi connectivity index (χ4n) is 2.58. The van der Waals surface area contributed by atoms with Crippen LogP contribution in [0.1, 0.15) is 58.8 Å². The Morgan fingerprint density at radius 1 is 1.22 bits per heavy atom. The predicted molar refractivity (Wildman–Crippen MR) is 76.5 cm³/mol. The van der Waals surface area contributed by atoms with Gasteiger partial charge in [-0.25, -0.2) is 0 Å². The van der Waals surface area contributed by atoms with E-state index in [-0.39, 0.29) is 5.54 Å². The van der Waals surface area contributed by atoms with Crippen molar-refractivity contribution in [3.8, 4) is 6.07 Å². The molecule has 0 radical (unpaired) electrons. The summed E-state index contributed by atoms with van der Waals surface area (Å²) in [5.74, 6) is 0. The lowest BCUT2D eigenvalue weighted by Crippen LogP contribution is -2.41. The van der Waals surface area contributed by atoms with Crippen LogP contribution < -0.4 is 5.32 Å². The Labute approximate surface area is 113 Å². The van der Waals surface area contributed by atoms with Crippen molar-refractivity contribution in [2.75, 3.05) is 26.2 Å². The molecule has 0 aliphatic carbocycles. The zero-order valence-corrected chi connectivity index (χ0v) is 12.2. The van der Waals surface area contributed by atoms with Gasteiger partial charge in [0.15, 0.2) is 0 Å². The highest BCUT2D eigenvalue weighted by Gasteiger charge is 2.21. The van der Waals surface area contributed by atoms with E-state index in [4.69, 9.17) is 0 Å². The number of nitriles is 1. The first kappa shape index (κ1) is 15.5. The van der Waals surface area contributed by atoms with Crippen LogP contribution in [-0.2, 0) is 0 Å². The number of piperidine rings is 1. The summed E-state index contributed by atoms with van der Waals surface area (Å²) in [6, 6.07) is 2.43. The monoisotopic (exact) mass is 251 g/mol. The number of likely N-dealkylation sites (tertiary alicyclic amines) is 1. The molecular formula is C15H29N3. The number of rotatable bonds is 8. The fraction of sp³-hybridized carbons (Fsp3) is 0.933. The molecule has 3 heteroatoms. The second kappa shape index (κ2) is 8.50. The van der Waals surface area contributed by atoms with Crippen LogP contribution in [0.4, 0.5) is 0 Å². The Bertz CT molecular complexity index is 253. The topological polar surface area (TPSA) is 39.1 Å². The minimum absolute atomic E-state index is 0.322. The van der Waals surface area contributed by atoms with Crippen molar-refractivity contribution in [3.63, 3.8) is 0 Å². The van der Waals surface area contributed by atoms with Gasteiger partial charge in [-0.15, -0.1) is 0 Å². The summed E-state index contributed by atoms with van der Waals surface area (Å²) < 4.78 is 0. The third kappa shape index (κ3) is 5.84. The molecule has 1 aliphatic rings. The predicted octanol–water partition coefficient (Wildman–Crippen LogP) is 2.92. The van der Waals surface area contributed by atoms with Crippen molar-refractivity contribution in [2.45, 2.75) is 64.3 Å². The van der Waals surface area contributed by atoms with E-state index in [1.165, 1.54) is 45.3 Å². The number of hydrogen-bond donors (Lipinski definition) is 1. The molecule has 104 valence electrons. The average Bonchev–Trinajstić information content (AvgIpc) is 2.43. The molecule has 0 spiro atoms. The van der Waals surface area contributed by atoms with Crippen molar-refractivity contribution < 1.29 is 0 Å². The van der Waals surface area contributed by atoms with E-state index in [0.29, 0.717) is 0 Å². The zero-order valence-electron chi connectivity index (χ0n) is 12.2. The van der Waals surface area contributed by atoms with Crippen LogP contribution in [-0.4, -0.2) is 36.6 Å². The van der Waals surface area contributed by atoms with E-state index in [0.717, 1.165) is 25.8 Å². The van der Waals surface area contributed by atoms with Gasteiger partial charge >= 0.3 is 0 Å². The van der Waals surface area contributed by atoms with Crippen LogP contribution in [0.3, 0.4) is 0 Å². The fourth-order valence-corrected chi connectivity index (χ4v) is 2.58. The molecule has 1 atom stereocenters. The second-order valence-corrected chi connectivity index (χ2v) is 5.73. The van der Waals surface area contributed by atoms with Crippen LogP contribution in [0, 0.1) is 11.3 Å². The van der Waals surface area contributed by atoms with Gasteiger partial charge in [0.1, 0.15) is 5.54 Å². The van der Waals surface area contributed by atoms with Crippen LogP contribution >= 0.6 is 0 Å². The number of nitrogens with one attached hydrogen (secondary N) is 1. The lowest BCUT2D eigenvalue weighted by molar-refractivity contribution is 0.222. The molecule has 1 aliphatic heterocycles. The van der Waals surface area contributed by atoms with Crippen LogP contribution in [0.5, 0.6) is 0 Å². The molecule has 1 heterocycles. The summed E-state index contributed by atoms with van der Waals surface area (Å²) in [6.07, 6.45) is 8.58. The third-order valence-corrected chi connectivity index (χ3v) is 3.86. The molecule has 0 aromatic carbocycles. The summed E-state index contributed by atoms with van der Waals surface area (Å²) >= 11 is 0. The van der Waals surface area contributed by atoms with Crippen molar-refractivity contribution >= 4 is 0 Å². The first-order valence-electron chi connectivity index (χ1n) is 7.59. The van der Waals surface area contributed by atoms with E-state index >= 15 is 0 Å². The maximum atomic E-state index is 9.24. The largest absolute Gasteiger partial charge is 0.303 e. The van der Waals surface area contributed by atoms with Gasteiger partial charge in [-0.05, 0) is 71.6 Å². The second-order valence-electron chi connectivity index (χ2n) is 5.73. The summed E-state index contributed by atoms with van der Waals surface area (Å²) in [5.41, 5.74) is -0.322. The van der Waals surface area contributed by atoms with E-state index in [2.05, 4.69) is 23.2 Å². The first-order valence-corrected chi connectivity index (χ1v) is 7.59. The Morgan fingerprint density at radius 3 is 2.56 bits per heavy atom. The summed E-state index contributed by atoms with van der Waals surface area (Å²) in [5, 5.41) is 12.6. The molecular weight excluding hydrogens is 222 g/mol. The number of nitrogens with zero attached hydrogens (tertiary/aromatic N) is 2. The molecule has 0 amide bonds. The molecule has 3 nitrogen and oxygen atoms in total. The van der Waals surface area contributed by atoms with Crippen molar-refractivity contribution in [3.05, 3.63) is 0 Å². The number of unbranched alkanes of at least 4 members (excludes halogenated alkanes) is 1. The van der Waals surface area contributed by atoms with Crippen LogP contribution in [0.25, 0.3) is 0 Å². The molecule has 1 saturated heterocycles. The quantitative estimate of drug-likeness (QED) is 0.674. The standard InChI is InChI=1S/C15H29N3/c1-3-10-17-15(2,14-16)9-5-8-13-18-11-6-4-7-12-18/h17H,3-13H2,1-2H3. The lowest BCUT2D eigenvalue weighted by Gasteiger charge is -2.27. The molecule has 1 rings (SSSR count).